The number of hydrogen-bond acceptors (Lipinski definition) is 4. The Kier molecular flexibility index (Phi) is 7.29. The van der Waals surface area contributed by atoms with Crippen LogP contribution in [-0.2, 0) is 14.6 Å². The van der Waals surface area contributed by atoms with Gasteiger partial charge < -0.3 is 15.0 Å². The van der Waals surface area contributed by atoms with Gasteiger partial charge in [-0.25, -0.2) is 8.42 Å². The first kappa shape index (κ1) is 17.2. The van der Waals surface area contributed by atoms with Crippen LogP contribution in [0.5, 0.6) is 0 Å². The average Bonchev–Trinajstić information content (AvgIpc) is 3.17. The molecule has 1 fully saturated rings. The lowest BCUT2D eigenvalue weighted by Crippen LogP contribution is -2.41. The fourth-order valence-corrected chi connectivity index (χ4v) is 2.43. The molecule has 118 valence electrons. The standard InChI is InChI=1S/C13H27N3O3S/c1-14-13(15-7-4-10-20(3,17)18)16(2)8-9-19-11-12-5-6-12/h12H,4-11H2,1-3H3,(H,14,15). The highest BCUT2D eigenvalue weighted by Gasteiger charge is 2.21. The van der Waals surface area contributed by atoms with Crippen LogP contribution < -0.4 is 5.32 Å². The summed E-state index contributed by atoms with van der Waals surface area (Å²) in [5.74, 6) is 1.76. The van der Waals surface area contributed by atoms with Crippen LogP contribution in [0.3, 0.4) is 0 Å². The molecule has 20 heavy (non-hydrogen) atoms. The van der Waals surface area contributed by atoms with Crippen LogP contribution in [0.15, 0.2) is 4.99 Å². The number of guanidine groups is 1. The maximum absolute atomic E-state index is 11.0. The Bertz CT molecular complexity index is 405. The second kappa shape index (κ2) is 8.46. The molecule has 1 aliphatic rings. The Labute approximate surface area is 122 Å². The molecule has 0 atom stereocenters. The summed E-state index contributed by atoms with van der Waals surface area (Å²) in [6.07, 6.45) is 4.45. The molecule has 0 radical (unpaired) electrons. The number of likely N-dealkylation sites (N-methyl/N-ethyl adjacent to an activating group) is 1. The van der Waals surface area contributed by atoms with E-state index in [1.165, 1.54) is 19.1 Å². The van der Waals surface area contributed by atoms with E-state index in [0.29, 0.717) is 19.6 Å². The molecule has 1 rings (SSSR count). The van der Waals surface area contributed by atoms with Crippen LogP contribution in [0.1, 0.15) is 19.3 Å². The molecular formula is C13H27N3O3S. The van der Waals surface area contributed by atoms with E-state index in [0.717, 1.165) is 25.0 Å². The lowest BCUT2D eigenvalue weighted by atomic mass is 10.4. The zero-order valence-corrected chi connectivity index (χ0v) is 13.6. The predicted octanol–water partition coefficient (Wildman–Crippen LogP) is 0.355. The number of nitrogens with one attached hydrogen (secondary N) is 1. The van der Waals surface area contributed by atoms with Gasteiger partial charge in [-0.2, -0.15) is 0 Å². The molecular weight excluding hydrogens is 278 g/mol. The summed E-state index contributed by atoms with van der Waals surface area (Å²) in [5, 5.41) is 3.16. The molecule has 0 unspecified atom stereocenters. The molecule has 0 amide bonds. The largest absolute Gasteiger partial charge is 0.379 e. The van der Waals surface area contributed by atoms with E-state index in [-0.39, 0.29) is 5.75 Å². The van der Waals surface area contributed by atoms with Gasteiger partial charge in [-0.3, -0.25) is 4.99 Å². The lowest BCUT2D eigenvalue weighted by Gasteiger charge is -2.22. The molecule has 0 aliphatic heterocycles. The van der Waals surface area contributed by atoms with Crippen molar-refractivity contribution in [1.82, 2.24) is 10.2 Å². The minimum Gasteiger partial charge on any atom is -0.379 e. The van der Waals surface area contributed by atoms with E-state index in [4.69, 9.17) is 4.74 Å². The monoisotopic (exact) mass is 305 g/mol. The van der Waals surface area contributed by atoms with Crippen LogP contribution in [0.4, 0.5) is 0 Å². The zero-order valence-electron chi connectivity index (χ0n) is 12.8. The van der Waals surface area contributed by atoms with Crippen molar-refractivity contribution < 1.29 is 13.2 Å². The maximum atomic E-state index is 11.0. The van der Waals surface area contributed by atoms with E-state index >= 15 is 0 Å². The quantitative estimate of drug-likeness (QED) is 0.378. The third-order valence-electron chi connectivity index (χ3n) is 3.17. The van der Waals surface area contributed by atoms with Gasteiger partial charge in [0.15, 0.2) is 5.96 Å². The maximum Gasteiger partial charge on any atom is 0.193 e. The summed E-state index contributed by atoms with van der Waals surface area (Å²) >= 11 is 0. The summed E-state index contributed by atoms with van der Waals surface area (Å²) in [5.41, 5.74) is 0. The third kappa shape index (κ3) is 8.37. The number of aliphatic imine (C=N–C) groups is 1. The van der Waals surface area contributed by atoms with Crippen molar-refractivity contribution in [2.24, 2.45) is 10.9 Å². The molecule has 6 nitrogen and oxygen atoms in total. The van der Waals surface area contributed by atoms with Crippen LogP contribution in [0.25, 0.3) is 0 Å². The molecule has 0 aromatic carbocycles. The molecule has 0 aromatic rings. The van der Waals surface area contributed by atoms with Crippen molar-refractivity contribution in [2.45, 2.75) is 19.3 Å². The Hall–Kier alpha value is -0.820. The predicted molar refractivity (Wildman–Crippen MR) is 81.9 cm³/mol. The van der Waals surface area contributed by atoms with E-state index in [1.54, 1.807) is 7.05 Å². The Morgan fingerprint density at radius 3 is 2.70 bits per heavy atom. The van der Waals surface area contributed by atoms with Crippen molar-refractivity contribution in [3.05, 3.63) is 0 Å². The fraction of sp³-hybridized carbons (Fsp3) is 0.923. The van der Waals surface area contributed by atoms with Gasteiger partial charge in [0.05, 0.1) is 12.4 Å². The highest BCUT2D eigenvalue weighted by molar-refractivity contribution is 7.90. The van der Waals surface area contributed by atoms with Crippen LogP contribution in [-0.4, -0.2) is 71.7 Å². The van der Waals surface area contributed by atoms with Gasteiger partial charge in [-0.15, -0.1) is 0 Å². The minimum absolute atomic E-state index is 0.200. The first-order valence-corrected chi connectivity index (χ1v) is 9.15. The molecule has 1 N–H and O–H groups in total. The van der Waals surface area contributed by atoms with Crippen LogP contribution in [0, 0.1) is 5.92 Å². The van der Waals surface area contributed by atoms with E-state index in [9.17, 15) is 8.42 Å². The average molecular weight is 305 g/mol. The third-order valence-corrected chi connectivity index (χ3v) is 4.20. The van der Waals surface area contributed by atoms with Gasteiger partial charge in [0.2, 0.25) is 0 Å². The van der Waals surface area contributed by atoms with Gasteiger partial charge in [-0.05, 0) is 25.2 Å². The Morgan fingerprint density at radius 2 is 2.15 bits per heavy atom. The number of nitrogens with zero attached hydrogens (tertiary/aromatic N) is 2. The minimum atomic E-state index is -2.88. The Balaban J connectivity index is 2.12. The number of ether oxygens (including phenoxy) is 1. The highest BCUT2D eigenvalue weighted by atomic mass is 32.2. The summed E-state index contributed by atoms with van der Waals surface area (Å²) in [6.45, 7) is 2.94. The van der Waals surface area contributed by atoms with Gasteiger partial charge in [-0.1, -0.05) is 0 Å². The molecule has 0 aromatic heterocycles. The summed E-state index contributed by atoms with van der Waals surface area (Å²) in [6, 6.07) is 0. The summed E-state index contributed by atoms with van der Waals surface area (Å²) in [4.78, 5) is 6.17. The second-order valence-corrected chi connectivity index (χ2v) is 7.66. The molecule has 1 aliphatic carbocycles. The second-order valence-electron chi connectivity index (χ2n) is 5.40. The summed E-state index contributed by atoms with van der Waals surface area (Å²) in [7, 11) is 0.791. The lowest BCUT2D eigenvalue weighted by molar-refractivity contribution is 0.115. The van der Waals surface area contributed by atoms with Crippen LogP contribution in [0.2, 0.25) is 0 Å². The first-order chi connectivity index (χ1) is 9.42. The molecule has 7 heteroatoms. The number of hydrogen-bond donors (Lipinski definition) is 1. The smallest absolute Gasteiger partial charge is 0.193 e. The van der Waals surface area contributed by atoms with Gasteiger partial charge >= 0.3 is 0 Å². The molecule has 0 saturated heterocycles. The van der Waals surface area contributed by atoms with Crippen molar-refractivity contribution in [3.8, 4) is 0 Å². The SMILES string of the molecule is CN=C(NCCCS(C)(=O)=O)N(C)CCOCC1CC1. The Morgan fingerprint density at radius 1 is 1.45 bits per heavy atom. The van der Waals surface area contributed by atoms with Crippen molar-refractivity contribution >= 4 is 15.8 Å². The van der Waals surface area contributed by atoms with Gasteiger partial charge in [0.25, 0.3) is 0 Å². The van der Waals surface area contributed by atoms with E-state index in [1.807, 2.05) is 11.9 Å². The van der Waals surface area contributed by atoms with Gasteiger partial charge in [0, 0.05) is 40.0 Å². The number of rotatable bonds is 9. The normalized spacial score (nSPS) is 16.2. The zero-order chi connectivity index (χ0) is 15.0. The molecule has 0 heterocycles. The van der Waals surface area contributed by atoms with Gasteiger partial charge in [0.1, 0.15) is 9.84 Å². The first-order valence-electron chi connectivity index (χ1n) is 7.09. The number of sulfone groups is 1. The van der Waals surface area contributed by atoms with Crippen LogP contribution >= 0.6 is 0 Å². The molecule has 1 saturated carbocycles. The van der Waals surface area contributed by atoms with Crippen molar-refractivity contribution in [1.29, 1.82) is 0 Å². The highest BCUT2D eigenvalue weighted by Crippen LogP contribution is 2.28. The summed E-state index contributed by atoms with van der Waals surface area (Å²) < 4.78 is 27.6. The van der Waals surface area contributed by atoms with E-state index in [2.05, 4.69) is 10.3 Å². The fourth-order valence-electron chi connectivity index (χ4n) is 1.76. The topological polar surface area (TPSA) is 71.0 Å². The molecule has 0 bridgehead atoms. The van der Waals surface area contributed by atoms with Crippen molar-refractivity contribution in [3.63, 3.8) is 0 Å². The van der Waals surface area contributed by atoms with E-state index < -0.39 is 9.84 Å². The van der Waals surface area contributed by atoms with Crippen molar-refractivity contribution in [2.75, 3.05) is 52.4 Å². The molecule has 0 spiro atoms.